The molecule has 0 aliphatic rings. The van der Waals surface area contributed by atoms with Gasteiger partial charge in [0.1, 0.15) is 0 Å². The number of benzene rings is 1. The van der Waals surface area contributed by atoms with E-state index in [0.29, 0.717) is 13.1 Å². The summed E-state index contributed by atoms with van der Waals surface area (Å²) in [4.78, 5) is 0. The van der Waals surface area contributed by atoms with Crippen LogP contribution in [0.3, 0.4) is 0 Å². The molecule has 1 rings (SSSR count). The summed E-state index contributed by atoms with van der Waals surface area (Å²) in [6.45, 7) is 5.09. The van der Waals surface area contributed by atoms with E-state index in [4.69, 9.17) is 0 Å². The number of hydrogen-bond acceptors (Lipinski definition) is 1. The molecule has 4 heteroatoms. The van der Waals surface area contributed by atoms with E-state index in [0.717, 1.165) is 5.56 Å². The molecule has 0 fully saturated rings. The van der Waals surface area contributed by atoms with Crippen molar-refractivity contribution in [3.05, 3.63) is 34.9 Å². The Labute approximate surface area is 100 Å². The highest BCUT2D eigenvalue weighted by Gasteiger charge is 2.25. The summed E-state index contributed by atoms with van der Waals surface area (Å²) in [5.41, 5.74) is 3.55. The van der Waals surface area contributed by atoms with E-state index in [-0.39, 0.29) is 6.42 Å². The van der Waals surface area contributed by atoms with E-state index >= 15 is 0 Å². The highest BCUT2D eigenvalue weighted by Crippen LogP contribution is 2.20. The zero-order chi connectivity index (χ0) is 12.9. The molecule has 0 aliphatic carbocycles. The molecule has 0 amide bonds. The molecule has 1 aromatic rings. The summed E-state index contributed by atoms with van der Waals surface area (Å²) in [5.74, 6) is 0. The molecule has 0 spiro atoms. The van der Waals surface area contributed by atoms with Gasteiger partial charge >= 0.3 is 6.18 Å². The van der Waals surface area contributed by atoms with Gasteiger partial charge < -0.3 is 5.32 Å². The molecule has 1 nitrogen and oxygen atoms in total. The van der Waals surface area contributed by atoms with Gasteiger partial charge in [0.2, 0.25) is 0 Å². The molecule has 0 saturated heterocycles. The maximum Gasteiger partial charge on any atom is 0.389 e. The van der Waals surface area contributed by atoms with Crippen LogP contribution in [0.15, 0.2) is 18.2 Å². The van der Waals surface area contributed by atoms with Gasteiger partial charge in [-0.1, -0.05) is 18.2 Å². The number of hydrogen-bond donors (Lipinski definition) is 1. The molecule has 0 unspecified atom stereocenters. The summed E-state index contributed by atoms with van der Waals surface area (Å²) in [6, 6.07) is 6.09. The fraction of sp³-hybridized carbons (Fsp3) is 0.538. The molecule has 17 heavy (non-hydrogen) atoms. The molecule has 0 atom stereocenters. The van der Waals surface area contributed by atoms with Crippen molar-refractivity contribution in [2.75, 3.05) is 6.54 Å². The summed E-state index contributed by atoms with van der Waals surface area (Å²) in [7, 11) is 0. The zero-order valence-electron chi connectivity index (χ0n) is 10.2. The molecule has 0 saturated carbocycles. The molecule has 0 aliphatic heterocycles. The molecule has 96 valence electrons. The maximum atomic E-state index is 11.9. The van der Waals surface area contributed by atoms with Gasteiger partial charge in [0.25, 0.3) is 0 Å². The number of nitrogens with one attached hydrogen (secondary N) is 1. The smallest absolute Gasteiger partial charge is 0.313 e. The largest absolute Gasteiger partial charge is 0.389 e. The van der Waals surface area contributed by atoms with Crippen LogP contribution in [0.2, 0.25) is 0 Å². The van der Waals surface area contributed by atoms with Gasteiger partial charge in [-0.25, -0.2) is 0 Å². The van der Waals surface area contributed by atoms with Gasteiger partial charge in [-0.15, -0.1) is 0 Å². The Morgan fingerprint density at radius 1 is 1.12 bits per heavy atom. The van der Waals surface area contributed by atoms with E-state index in [1.54, 1.807) is 0 Å². The molecule has 1 N–H and O–H groups in total. The Bertz CT molecular complexity index is 358. The van der Waals surface area contributed by atoms with Crippen molar-refractivity contribution in [2.45, 2.75) is 39.4 Å². The third kappa shape index (κ3) is 5.73. The van der Waals surface area contributed by atoms with Crippen molar-refractivity contribution in [1.82, 2.24) is 5.32 Å². The topological polar surface area (TPSA) is 12.0 Å². The maximum absolute atomic E-state index is 11.9. The highest BCUT2D eigenvalue weighted by atomic mass is 19.4. The molecule has 0 aromatic heterocycles. The molecule has 1 aromatic carbocycles. The molecule has 0 bridgehead atoms. The number of alkyl halides is 3. The summed E-state index contributed by atoms with van der Waals surface area (Å²) < 4.78 is 35.6. The fourth-order valence-electron chi connectivity index (χ4n) is 1.56. The van der Waals surface area contributed by atoms with Crippen LogP contribution in [-0.4, -0.2) is 12.7 Å². The van der Waals surface area contributed by atoms with Gasteiger partial charge in [-0.2, -0.15) is 13.2 Å². The van der Waals surface area contributed by atoms with E-state index in [2.05, 4.69) is 11.4 Å². The quantitative estimate of drug-likeness (QED) is 0.779. The first kappa shape index (κ1) is 14.0. The van der Waals surface area contributed by atoms with Crippen LogP contribution in [0.25, 0.3) is 0 Å². The Kier molecular flexibility index (Phi) is 5.00. The van der Waals surface area contributed by atoms with Crippen LogP contribution in [0, 0.1) is 13.8 Å². The molecule has 0 heterocycles. The Morgan fingerprint density at radius 2 is 1.82 bits per heavy atom. The number of aryl methyl sites for hydroxylation is 2. The lowest BCUT2D eigenvalue weighted by atomic mass is 10.1. The number of halogens is 3. The number of rotatable bonds is 5. The third-order valence-corrected chi connectivity index (χ3v) is 2.71. The van der Waals surface area contributed by atoms with Gasteiger partial charge in [0.15, 0.2) is 0 Å². The predicted octanol–water partition coefficient (Wildman–Crippen LogP) is 3.74. The highest BCUT2D eigenvalue weighted by molar-refractivity contribution is 5.29. The van der Waals surface area contributed by atoms with Crippen molar-refractivity contribution in [2.24, 2.45) is 0 Å². The Balaban J connectivity index is 2.25. The molecular weight excluding hydrogens is 227 g/mol. The second-order valence-corrected chi connectivity index (χ2v) is 4.31. The summed E-state index contributed by atoms with van der Waals surface area (Å²) in [5, 5.41) is 3.02. The lowest BCUT2D eigenvalue weighted by molar-refractivity contribution is -0.135. The standard InChI is InChI=1S/C13H18F3N/c1-10-4-5-12(8-11(10)2)9-17-7-3-6-13(14,15)16/h4-5,8,17H,3,6-7,9H2,1-2H3. The van der Waals surface area contributed by atoms with Crippen LogP contribution in [-0.2, 0) is 6.54 Å². The minimum Gasteiger partial charge on any atom is -0.313 e. The van der Waals surface area contributed by atoms with Crippen LogP contribution < -0.4 is 5.32 Å². The van der Waals surface area contributed by atoms with Crippen LogP contribution >= 0.6 is 0 Å². The van der Waals surface area contributed by atoms with Gasteiger partial charge in [0.05, 0.1) is 0 Å². The first-order valence-electron chi connectivity index (χ1n) is 5.72. The third-order valence-electron chi connectivity index (χ3n) is 2.71. The second kappa shape index (κ2) is 6.05. The van der Waals surface area contributed by atoms with E-state index in [1.165, 1.54) is 11.1 Å². The van der Waals surface area contributed by atoms with Crippen molar-refractivity contribution in [1.29, 1.82) is 0 Å². The zero-order valence-corrected chi connectivity index (χ0v) is 10.2. The van der Waals surface area contributed by atoms with Crippen LogP contribution in [0.5, 0.6) is 0 Å². The minimum atomic E-state index is -4.04. The first-order valence-corrected chi connectivity index (χ1v) is 5.72. The van der Waals surface area contributed by atoms with Crippen LogP contribution in [0.4, 0.5) is 13.2 Å². The predicted molar refractivity (Wildman–Crippen MR) is 62.9 cm³/mol. The average molecular weight is 245 g/mol. The lowest BCUT2D eigenvalue weighted by Gasteiger charge is -2.08. The van der Waals surface area contributed by atoms with Crippen molar-refractivity contribution in [3.63, 3.8) is 0 Å². The van der Waals surface area contributed by atoms with Gasteiger partial charge in [-0.3, -0.25) is 0 Å². The van der Waals surface area contributed by atoms with Crippen molar-refractivity contribution < 1.29 is 13.2 Å². The average Bonchev–Trinajstić information content (AvgIpc) is 2.21. The monoisotopic (exact) mass is 245 g/mol. The van der Waals surface area contributed by atoms with Gasteiger partial charge in [-0.05, 0) is 43.5 Å². The first-order chi connectivity index (χ1) is 7.88. The fourth-order valence-corrected chi connectivity index (χ4v) is 1.56. The van der Waals surface area contributed by atoms with E-state index in [1.807, 2.05) is 26.0 Å². The summed E-state index contributed by atoms with van der Waals surface area (Å²) >= 11 is 0. The summed E-state index contributed by atoms with van der Waals surface area (Å²) in [6.07, 6.45) is -4.62. The second-order valence-electron chi connectivity index (χ2n) is 4.31. The van der Waals surface area contributed by atoms with E-state index < -0.39 is 12.6 Å². The van der Waals surface area contributed by atoms with Crippen LogP contribution in [0.1, 0.15) is 29.5 Å². The Morgan fingerprint density at radius 3 is 2.41 bits per heavy atom. The molecule has 0 radical (unpaired) electrons. The lowest BCUT2D eigenvalue weighted by Crippen LogP contribution is -2.17. The van der Waals surface area contributed by atoms with Crippen molar-refractivity contribution in [3.8, 4) is 0 Å². The minimum absolute atomic E-state index is 0.133. The SMILES string of the molecule is Cc1ccc(CNCCCC(F)(F)F)cc1C. The molecular formula is C13H18F3N. The van der Waals surface area contributed by atoms with Crippen molar-refractivity contribution >= 4 is 0 Å². The van der Waals surface area contributed by atoms with Gasteiger partial charge in [0, 0.05) is 13.0 Å². The van der Waals surface area contributed by atoms with E-state index in [9.17, 15) is 13.2 Å². The normalized spacial score (nSPS) is 11.8. The Hall–Kier alpha value is -1.03.